The Kier molecular flexibility index (Phi) is 5.00. The molecule has 0 aliphatic carbocycles. The summed E-state index contributed by atoms with van der Waals surface area (Å²) < 4.78 is 5.06. The summed E-state index contributed by atoms with van der Waals surface area (Å²) in [7, 11) is 0. The molecule has 0 spiro atoms. The maximum absolute atomic E-state index is 11.3. The Balaban J connectivity index is 3.98. The fourth-order valence-electron chi connectivity index (χ4n) is 0.882. The molecule has 0 saturated carbocycles. The summed E-state index contributed by atoms with van der Waals surface area (Å²) in [6, 6.07) is 1.90. The Bertz CT molecular complexity index is 225. The third-order valence-electron chi connectivity index (χ3n) is 1.55. The van der Waals surface area contributed by atoms with Crippen LogP contribution < -0.4 is 5.32 Å². The molecule has 0 aliphatic heterocycles. The van der Waals surface area contributed by atoms with Crippen LogP contribution in [0, 0.1) is 11.3 Å². The average molecular weight is 198 g/mol. The van der Waals surface area contributed by atoms with Crippen molar-refractivity contribution in [2.24, 2.45) is 0 Å². The lowest BCUT2D eigenvalue weighted by Gasteiger charge is -2.21. The molecule has 4 nitrogen and oxygen atoms in total. The van der Waals surface area contributed by atoms with E-state index in [0.29, 0.717) is 6.42 Å². The van der Waals surface area contributed by atoms with Crippen molar-refractivity contribution < 1.29 is 9.53 Å². The summed E-state index contributed by atoms with van der Waals surface area (Å²) in [6.45, 7) is 7.33. The second kappa shape index (κ2) is 5.48. The number of carbonyl (C=O) groups excluding carboxylic acids is 1. The zero-order valence-corrected chi connectivity index (χ0v) is 9.26. The quantitative estimate of drug-likeness (QED) is 0.756. The summed E-state index contributed by atoms with van der Waals surface area (Å²) in [5.41, 5.74) is -0.491. The van der Waals surface area contributed by atoms with Crippen molar-refractivity contribution in [1.82, 2.24) is 5.32 Å². The van der Waals surface area contributed by atoms with E-state index in [1.807, 2.05) is 13.0 Å². The summed E-state index contributed by atoms with van der Waals surface area (Å²) in [4.78, 5) is 11.3. The highest BCUT2D eigenvalue weighted by atomic mass is 16.6. The summed E-state index contributed by atoms with van der Waals surface area (Å²) in [6.07, 6.45) is 0.585. The van der Waals surface area contributed by atoms with Crippen molar-refractivity contribution in [2.45, 2.75) is 52.2 Å². The molecule has 0 radical (unpaired) electrons. The molecule has 0 saturated heterocycles. The third-order valence-corrected chi connectivity index (χ3v) is 1.55. The number of amides is 1. The first kappa shape index (κ1) is 12.8. The predicted octanol–water partition coefficient (Wildman–Crippen LogP) is 2.20. The normalized spacial score (nSPS) is 12.8. The molecule has 80 valence electrons. The average Bonchev–Trinajstić information content (AvgIpc) is 2.00. The van der Waals surface area contributed by atoms with Gasteiger partial charge in [-0.3, -0.25) is 0 Å². The minimum Gasteiger partial charge on any atom is -0.444 e. The number of ether oxygens (including phenoxy) is 1. The van der Waals surface area contributed by atoms with E-state index < -0.39 is 11.7 Å². The molecule has 1 atom stereocenters. The maximum Gasteiger partial charge on any atom is 0.407 e. The van der Waals surface area contributed by atoms with Gasteiger partial charge >= 0.3 is 6.09 Å². The highest BCUT2D eigenvalue weighted by molar-refractivity contribution is 5.68. The number of nitrogens with zero attached hydrogens (tertiary/aromatic N) is 1. The lowest BCUT2D eigenvalue weighted by molar-refractivity contribution is 0.0504. The topological polar surface area (TPSA) is 62.1 Å². The first-order chi connectivity index (χ1) is 6.39. The van der Waals surface area contributed by atoms with Gasteiger partial charge in [-0.2, -0.15) is 5.26 Å². The molecule has 0 heterocycles. The smallest absolute Gasteiger partial charge is 0.407 e. The Morgan fingerprint density at radius 2 is 2.14 bits per heavy atom. The van der Waals surface area contributed by atoms with Crippen molar-refractivity contribution in [2.75, 3.05) is 0 Å². The van der Waals surface area contributed by atoms with Gasteiger partial charge in [-0.05, 0) is 27.2 Å². The lowest BCUT2D eigenvalue weighted by Crippen LogP contribution is -2.38. The van der Waals surface area contributed by atoms with Gasteiger partial charge in [-0.1, -0.05) is 6.92 Å². The van der Waals surface area contributed by atoms with Crippen LogP contribution in [-0.2, 0) is 4.74 Å². The first-order valence-corrected chi connectivity index (χ1v) is 4.75. The van der Waals surface area contributed by atoms with Gasteiger partial charge in [-0.15, -0.1) is 0 Å². The molecule has 0 aromatic rings. The SMILES string of the molecule is CC[C@@H](CC#N)NC(=O)OC(C)(C)C. The zero-order chi connectivity index (χ0) is 11.2. The Morgan fingerprint density at radius 3 is 2.50 bits per heavy atom. The van der Waals surface area contributed by atoms with Gasteiger partial charge in [0.15, 0.2) is 0 Å². The molecular weight excluding hydrogens is 180 g/mol. The number of nitrogens with one attached hydrogen (secondary N) is 1. The van der Waals surface area contributed by atoms with E-state index in [9.17, 15) is 4.79 Å². The number of rotatable bonds is 3. The number of nitriles is 1. The van der Waals surface area contributed by atoms with Crippen LogP contribution in [0.5, 0.6) is 0 Å². The summed E-state index contributed by atoms with van der Waals surface area (Å²) in [5, 5.41) is 11.1. The van der Waals surface area contributed by atoms with Gasteiger partial charge in [0.1, 0.15) is 5.60 Å². The van der Waals surface area contributed by atoms with Gasteiger partial charge in [0.05, 0.1) is 12.5 Å². The molecule has 0 aliphatic rings. The number of alkyl carbamates (subject to hydrolysis) is 1. The van der Waals surface area contributed by atoms with Crippen LogP contribution in [0.25, 0.3) is 0 Å². The van der Waals surface area contributed by atoms with Crippen LogP contribution >= 0.6 is 0 Å². The van der Waals surface area contributed by atoms with Crippen LogP contribution in [0.4, 0.5) is 4.79 Å². The highest BCUT2D eigenvalue weighted by Crippen LogP contribution is 2.07. The molecule has 1 amide bonds. The van der Waals surface area contributed by atoms with Gasteiger partial charge < -0.3 is 10.1 Å². The monoisotopic (exact) mass is 198 g/mol. The van der Waals surface area contributed by atoms with Crippen molar-refractivity contribution >= 4 is 6.09 Å². The van der Waals surface area contributed by atoms with E-state index in [-0.39, 0.29) is 6.04 Å². The van der Waals surface area contributed by atoms with E-state index in [4.69, 9.17) is 10.00 Å². The number of hydrogen-bond donors (Lipinski definition) is 1. The van der Waals surface area contributed by atoms with Crippen LogP contribution in [0.15, 0.2) is 0 Å². The largest absolute Gasteiger partial charge is 0.444 e. The number of hydrogen-bond acceptors (Lipinski definition) is 3. The Labute approximate surface area is 85.2 Å². The third kappa shape index (κ3) is 6.30. The Hall–Kier alpha value is -1.24. The number of carbonyl (C=O) groups is 1. The van der Waals surface area contributed by atoms with Gasteiger partial charge in [0, 0.05) is 6.04 Å². The van der Waals surface area contributed by atoms with E-state index >= 15 is 0 Å². The zero-order valence-electron chi connectivity index (χ0n) is 9.26. The van der Waals surface area contributed by atoms with E-state index in [1.165, 1.54) is 0 Å². The van der Waals surface area contributed by atoms with Crippen molar-refractivity contribution in [3.05, 3.63) is 0 Å². The fraction of sp³-hybridized carbons (Fsp3) is 0.800. The molecule has 0 aromatic carbocycles. The maximum atomic E-state index is 11.3. The van der Waals surface area contributed by atoms with Gasteiger partial charge in [0.2, 0.25) is 0 Å². The van der Waals surface area contributed by atoms with E-state index in [1.54, 1.807) is 20.8 Å². The first-order valence-electron chi connectivity index (χ1n) is 4.75. The molecule has 0 bridgehead atoms. The van der Waals surface area contributed by atoms with Crippen LogP contribution in [-0.4, -0.2) is 17.7 Å². The van der Waals surface area contributed by atoms with Crippen molar-refractivity contribution in [1.29, 1.82) is 5.26 Å². The molecular formula is C10H18N2O2. The summed E-state index contributed by atoms with van der Waals surface area (Å²) >= 11 is 0. The summed E-state index contributed by atoms with van der Waals surface area (Å²) in [5.74, 6) is 0. The van der Waals surface area contributed by atoms with Gasteiger partial charge in [-0.25, -0.2) is 4.79 Å². The highest BCUT2D eigenvalue weighted by Gasteiger charge is 2.18. The predicted molar refractivity (Wildman–Crippen MR) is 53.7 cm³/mol. The standard InChI is InChI=1S/C10H18N2O2/c1-5-8(6-7-11)12-9(13)14-10(2,3)4/h8H,5-6H2,1-4H3,(H,12,13)/t8-/m0/s1. The minimum absolute atomic E-state index is 0.116. The fourth-order valence-corrected chi connectivity index (χ4v) is 0.882. The molecule has 0 aromatic heterocycles. The molecule has 4 heteroatoms. The lowest BCUT2D eigenvalue weighted by atomic mass is 10.2. The van der Waals surface area contributed by atoms with Crippen LogP contribution in [0.1, 0.15) is 40.5 Å². The van der Waals surface area contributed by atoms with Crippen LogP contribution in [0.3, 0.4) is 0 Å². The molecule has 0 unspecified atom stereocenters. The van der Waals surface area contributed by atoms with Crippen molar-refractivity contribution in [3.63, 3.8) is 0 Å². The Morgan fingerprint density at radius 1 is 1.57 bits per heavy atom. The second-order valence-corrected chi connectivity index (χ2v) is 4.11. The van der Waals surface area contributed by atoms with E-state index in [2.05, 4.69) is 5.32 Å². The second-order valence-electron chi connectivity index (χ2n) is 4.11. The molecule has 0 rings (SSSR count). The van der Waals surface area contributed by atoms with Gasteiger partial charge in [0.25, 0.3) is 0 Å². The molecule has 0 fully saturated rings. The molecule has 1 N–H and O–H groups in total. The van der Waals surface area contributed by atoms with E-state index in [0.717, 1.165) is 6.42 Å². The minimum atomic E-state index is -0.491. The molecule has 14 heavy (non-hydrogen) atoms. The van der Waals surface area contributed by atoms with Crippen molar-refractivity contribution in [3.8, 4) is 6.07 Å². The van der Waals surface area contributed by atoms with Crippen LogP contribution in [0.2, 0.25) is 0 Å².